The highest BCUT2D eigenvalue weighted by atomic mass is 35.5. The van der Waals surface area contributed by atoms with Gasteiger partial charge in [-0.15, -0.1) is 0 Å². The first kappa shape index (κ1) is 11.9. The first-order valence-corrected chi connectivity index (χ1v) is 6.27. The van der Waals surface area contributed by atoms with Gasteiger partial charge in [0.25, 0.3) is 0 Å². The van der Waals surface area contributed by atoms with Gasteiger partial charge in [-0.05, 0) is 30.7 Å². The number of fused-ring (bicyclic) bond motifs is 1. The Kier molecular flexibility index (Phi) is 3.05. The van der Waals surface area contributed by atoms with E-state index in [1.165, 1.54) is 0 Å². The molecule has 2 heterocycles. The molecule has 0 saturated carbocycles. The van der Waals surface area contributed by atoms with Crippen LogP contribution in [-0.4, -0.2) is 20.2 Å². The van der Waals surface area contributed by atoms with E-state index in [-0.39, 0.29) is 5.28 Å². The van der Waals surface area contributed by atoms with Gasteiger partial charge < -0.3 is 5.32 Å². The molecule has 2 N–H and O–H groups in total. The van der Waals surface area contributed by atoms with Crippen LogP contribution >= 0.6 is 11.6 Å². The van der Waals surface area contributed by atoms with E-state index in [0.717, 1.165) is 28.0 Å². The number of nitrogens with one attached hydrogen (secondary N) is 2. The molecule has 0 bridgehead atoms. The molecule has 0 saturated heterocycles. The summed E-state index contributed by atoms with van der Waals surface area (Å²) in [5.74, 6) is 0.733. The van der Waals surface area contributed by atoms with Crippen LogP contribution in [0.1, 0.15) is 11.3 Å². The number of aromatic nitrogens is 4. The molecule has 3 aromatic rings. The number of rotatable bonds is 3. The highest BCUT2D eigenvalue weighted by Gasteiger charge is 2.07. The number of benzene rings is 1. The summed E-state index contributed by atoms with van der Waals surface area (Å²) in [6, 6.07) is 7.76. The van der Waals surface area contributed by atoms with Gasteiger partial charge in [0.2, 0.25) is 5.28 Å². The van der Waals surface area contributed by atoms with Crippen LogP contribution in [0.5, 0.6) is 0 Å². The Balaban J connectivity index is 1.94. The second-order valence-electron chi connectivity index (χ2n) is 4.23. The molecule has 6 heteroatoms. The minimum atomic E-state index is 0.241. The van der Waals surface area contributed by atoms with Crippen LogP contribution in [0.25, 0.3) is 10.9 Å². The Bertz CT molecular complexity index is 722. The molecule has 0 spiro atoms. The summed E-state index contributed by atoms with van der Waals surface area (Å²) in [5, 5.41) is 11.4. The zero-order valence-electron chi connectivity index (χ0n) is 10.3. The largest absolute Gasteiger partial charge is 0.365 e. The third-order valence-corrected chi connectivity index (χ3v) is 3.13. The topological polar surface area (TPSA) is 66.5 Å². The summed E-state index contributed by atoms with van der Waals surface area (Å²) >= 11 is 5.93. The van der Waals surface area contributed by atoms with Crippen LogP contribution < -0.4 is 5.32 Å². The molecule has 0 amide bonds. The molecule has 2 aromatic heterocycles. The quantitative estimate of drug-likeness (QED) is 0.720. The van der Waals surface area contributed by atoms with E-state index in [1.807, 2.05) is 31.2 Å². The standard InChI is InChI=1S/C13H12ClN5/c1-8-9(7-16-19-8)6-15-12-10-4-2-3-5-11(10)17-13(14)18-12/h2-5,7H,6H2,1H3,(H,16,19)(H,15,17,18). The number of halogens is 1. The summed E-state index contributed by atoms with van der Waals surface area (Å²) in [5.41, 5.74) is 2.96. The highest BCUT2D eigenvalue weighted by Crippen LogP contribution is 2.22. The Morgan fingerprint density at radius 3 is 2.89 bits per heavy atom. The molecule has 0 aliphatic rings. The van der Waals surface area contributed by atoms with E-state index in [0.29, 0.717) is 6.54 Å². The number of hydrogen-bond acceptors (Lipinski definition) is 4. The lowest BCUT2D eigenvalue weighted by Gasteiger charge is -2.08. The molecular weight excluding hydrogens is 262 g/mol. The van der Waals surface area contributed by atoms with E-state index in [4.69, 9.17) is 11.6 Å². The molecule has 1 aromatic carbocycles. The number of para-hydroxylation sites is 1. The second kappa shape index (κ2) is 4.85. The van der Waals surface area contributed by atoms with E-state index in [2.05, 4.69) is 25.5 Å². The molecule has 0 atom stereocenters. The van der Waals surface area contributed by atoms with Crippen molar-refractivity contribution in [2.75, 3.05) is 5.32 Å². The molecule has 0 aliphatic heterocycles. The van der Waals surface area contributed by atoms with Crippen LogP contribution in [0.2, 0.25) is 5.28 Å². The third kappa shape index (κ3) is 2.37. The molecular formula is C13H12ClN5. The fourth-order valence-corrected chi connectivity index (χ4v) is 2.09. The zero-order valence-corrected chi connectivity index (χ0v) is 11.1. The van der Waals surface area contributed by atoms with Crippen molar-refractivity contribution in [1.82, 2.24) is 20.2 Å². The summed E-state index contributed by atoms with van der Waals surface area (Å²) in [4.78, 5) is 8.44. The van der Waals surface area contributed by atoms with Gasteiger partial charge >= 0.3 is 0 Å². The van der Waals surface area contributed by atoms with Crippen LogP contribution in [0.4, 0.5) is 5.82 Å². The molecule has 0 aliphatic carbocycles. The van der Waals surface area contributed by atoms with Gasteiger partial charge in [-0.25, -0.2) is 9.97 Å². The molecule has 0 radical (unpaired) electrons. The number of H-pyrrole nitrogens is 1. The predicted octanol–water partition coefficient (Wildman–Crippen LogP) is 2.93. The summed E-state index contributed by atoms with van der Waals surface area (Å²) in [7, 11) is 0. The lowest BCUT2D eigenvalue weighted by atomic mass is 10.2. The Morgan fingerprint density at radius 1 is 1.26 bits per heavy atom. The van der Waals surface area contributed by atoms with Crippen molar-refractivity contribution in [3.63, 3.8) is 0 Å². The first-order valence-electron chi connectivity index (χ1n) is 5.89. The van der Waals surface area contributed by atoms with Crippen molar-refractivity contribution in [3.05, 3.63) is 47.0 Å². The summed E-state index contributed by atoms with van der Waals surface area (Å²) in [6.45, 7) is 2.62. The lowest BCUT2D eigenvalue weighted by molar-refractivity contribution is 1.04. The molecule has 5 nitrogen and oxygen atoms in total. The van der Waals surface area contributed by atoms with E-state index in [9.17, 15) is 0 Å². The van der Waals surface area contributed by atoms with Gasteiger partial charge in [0.15, 0.2) is 0 Å². The van der Waals surface area contributed by atoms with Crippen molar-refractivity contribution >= 4 is 28.3 Å². The summed E-state index contributed by atoms with van der Waals surface area (Å²) in [6.07, 6.45) is 1.80. The van der Waals surface area contributed by atoms with Crippen molar-refractivity contribution in [1.29, 1.82) is 0 Å². The van der Waals surface area contributed by atoms with Crippen molar-refractivity contribution in [2.24, 2.45) is 0 Å². The molecule has 3 rings (SSSR count). The normalized spacial score (nSPS) is 10.8. The number of hydrogen-bond donors (Lipinski definition) is 2. The van der Waals surface area contributed by atoms with Gasteiger partial charge in [0.05, 0.1) is 11.7 Å². The predicted molar refractivity (Wildman–Crippen MR) is 75.2 cm³/mol. The fraction of sp³-hybridized carbons (Fsp3) is 0.154. The van der Waals surface area contributed by atoms with Crippen LogP contribution in [0.3, 0.4) is 0 Å². The van der Waals surface area contributed by atoms with E-state index in [1.54, 1.807) is 6.20 Å². The van der Waals surface area contributed by atoms with Gasteiger partial charge in [0.1, 0.15) is 5.82 Å². The number of aryl methyl sites for hydroxylation is 1. The number of nitrogens with zero attached hydrogens (tertiary/aromatic N) is 3. The van der Waals surface area contributed by atoms with Crippen molar-refractivity contribution in [2.45, 2.75) is 13.5 Å². The number of anilines is 1. The van der Waals surface area contributed by atoms with Crippen LogP contribution in [0.15, 0.2) is 30.5 Å². The number of aromatic amines is 1. The summed E-state index contributed by atoms with van der Waals surface area (Å²) < 4.78 is 0. The Morgan fingerprint density at radius 2 is 2.11 bits per heavy atom. The molecule has 19 heavy (non-hydrogen) atoms. The maximum absolute atomic E-state index is 5.93. The van der Waals surface area contributed by atoms with Gasteiger partial charge in [-0.1, -0.05) is 12.1 Å². The molecule has 96 valence electrons. The average molecular weight is 274 g/mol. The van der Waals surface area contributed by atoms with E-state index >= 15 is 0 Å². The SMILES string of the molecule is Cc1[nH]ncc1CNc1nc(Cl)nc2ccccc12. The van der Waals surface area contributed by atoms with Gasteiger partial charge in [-0.2, -0.15) is 5.10 Å². The minimum absolute atomic E-state index is 0.241. The average Bonchev–Trinajstić information content (AvgIpc) is 2.81. The maximum atomic E-state index is 5.93. The fourth-order valence-electron chi connectivity index (χ4n) is 1.92. The Labute approximate surface area is 115 Å². The second-order valence-corrected chi connectivity index (χ2v) is 4.57. The molecule has 0 fully saturated rings. The lowest BCUT2D eigenvalue weighted by Crippen LogP contribution is -2.03. The zero-order chi connectivity index (χ0) is 13.2. The molecule has 0 unspecified atom stereocenters. The van der Waals surface area contributed by atoms with Crippen molar-refractivity contribution in [3.8, 4) is 0 Å². The van der Waals surface area contributed by atoms with Crippen molar-refractivity contribution < 1.29 is 0 Å². The van der Waals surface area contributed by atoms with Gasteiger partial charge in [0, 0.05) is 23.2 Å². The minimum Gasteiger partial charge on any atom is -0.365 e. The maximum Gasteiger partial charge on any atom is 0.224 e. The first-order chi connectivity index (χ1) is 9.24. The third-order valence-electron chi connectivity index (χ3n) is 2.96. The van der Waals surface area contributed by atoms with Gasteiger partial charge in [-0.3, -0.25) is 5.10 Å². The monoisotopic (exact) mass is 273 g/mol. The van der Waals surface area contributed by atoms with Crippen LogP contribution in [0, 0.1) is 6.92 Å². The van der Waals surface area contributed by atoms with E-state index < -0.39 is 0 Å². The smallest absolute Gasteiger partial charge is 0.224 e. The highest BCUT2D eigenvalue weighted by molar-refractivity contribution is 6.28. The van der Waals surface area contributed by atoms with Crippen LogP contribution in [-0.2, 0) is 6.54 Å². The Hall–Kier alpha value is -2.14.